The molecular weight excluding hydrogens is 198 g/mol. The van der Waals surface area contributed by atoms with E-state index in [0.29, 0.717) is 6.42 Å². The molecule has 0 N–H and O–H groups in total. The maximum absolute atomic E-state index is 11.5. The van der Waals surface area contributed by atoms with Gasteiger partial charge in [-0.05, 0) is 6.08 Å². The van der Waals surface area contributed by atoms with Gasteiger partial charge in [-0.1, -0.05) is 6.92 Å². The lowest BCUT2D eigenvalue weighted by Gasteiger charge is -2.50. The van der Waals surface area contributed by atoms with Crippen molar-refractivity contribution in [1.82, 2.24) is 4.90 Å². The van der Waals surface area contributed by atoms with Gasteiger partial charge in [-0.15, -0.1) is 0 Å². The number of carbonyl (C=O) groups excluding carboxylic acids is 2. The van der Waals surface area contributed by atoms with E-state index >= 15 is 0 Å². The van der Waals surface area contributed by atoms with E-state index in [4.69, 9.17) is 9.47 Å². The van der Waals surface area contributed by atoms with Crippen molar-refractivity contribution in [3.05, 3.63) is 11.8 Å². The van der Waals surface area contributed by atoms with Crippen LogP contribution in [0.25, 0.3) is 0 Å². The second-order valence-corrected chi connectivity index (χ2v) is 3.55. The molecule has 2 aliphatic rings. The normalized spacial score (nSPS) is 27.2. The van der Waals surface area contributed by atoms with E-state index in [-0.39, 0.29) is 30.6 Å². The van der Waals surface area contributed by atoms with Gasteiger partial charge in [-0.25, -0.2) is 0 Å². The number of hydrogen-bond donors (Lipinski definition) is 0. The first-order valence-electron chi connectivity index (χ1n) is 4.90. The number of esters is 1. The van der Waals surface area contributed by atoms with Crippen molar-refractivity contribution in [2.24, 2.45) is 5.92 Å². The molecule has 0 bridgehead atoms. The summed E-state index contributed by atoms with van der Waals surface area (Å²) in [5.41, 5.74) is 0. The van der Waals surface area contributed by atoms with Gasteiger partial charge in [0, 0.05) is 6.42 Å². The lowest BCUT2D eigenvalue weighted by Crippen LogP contribution is -2.65. The molecule has 0 aromatic carbocycles. The van der Waals surface area contributed by atoms with Gasteiger partial charge < -0.3 is 14.4 Å². The first-order valence-corrected chi connectivity index (χ1v) is 4.90. The summed E-state index contributed by atoms with van der Waals surface area (Å²) in [7, 11) is 1.55. The third-order valence-electron chi connectivity index (χ3n) is 2.78. The molecule has 0 aromatic heterocycles. The summed E-state index contributed by atoms with van der Waals surface area (Å²) < 4.78 is 9.87. The third kappa shape index (κ3) is 1.38. The Morgan fingerprint density at radius 3 is 2.87 bits per heavy atom. The topological polar surface area (TPSA) is 55.8 Å². The molecule has 0 spiro atoms. The minimum Gasteiger partial charge on any atom is -0.500 e. The Hall–Kier alpha value is -1.52. The van der Waals surface area contributed by atoms with Crippen LogP contribution in [0.4, 0.5) is 0 Å². The van der Waals surface area contributed by atoms with Crippen molar-refractivity contribution in [3.8, 4) is 0 Å². The monoisotopic (exact) mass is 211 g/mol. The number of hydrogen-bond acceptors (Lipinski definition) is 4. The first-order chi connectivity index (χ1) is 7.19. The van der Waals surface area contributed by atoms with Gasteiger partial charge in [0.05, 0.1) is 13.2 Å². The van der Waals surface area contributed by atoms with E-state index in [1.54, 1.807) is 14.0 Å². The lowest BCUT2D eigenvalue weighted by molar-refractivity contribution is -0.172. The Labute approximate surface area is 87.6 Å². The summed E-state index contributed by atoms with van der Waals surface area (Å²) in [6, 6.07) is 0.0668. The largest absolute Gasteiger partial charge is 0.500 e. The van der Waals surface area contributed by atoms with E-state index in [1.165, 1.54) is 4.90 Å². The molecule has 0 unspecified atom stereocenters. The summed E-state index contributed by atoms with van der Waals surface area (Å²) in [5, 5.41) is 0. The zero-order valence-electron chi connectivity index (χ0n) is 8.73. The highest BCUT2D eigenvalue weighted by molar-refractivity contribution is 5.92. The molecule has 5 nitrogen and oxygen atoms in total. The van der Waals surface area contributed by atoms with Crippen LogP contribution in [0.5, 0.6) is 0 Å². The molecule has 2 rings (SSSR count). The minimum absolute atomic E-state index is 0.0248. The van der Waals surface area contributed by atoms with E-state index in [0.717, 1.165) is 5.76 Å². The van der Waals surface area contributed by atoms with Crippen LogP contribution in [0.2, 0.25) is 0 Å². The number of amides is 1. The molecule has 0 aromatic rings. The van der Waals surface area contributed by atoms with Gasteiger partial charge in [-0.2, -0.15) is 0 Å². The van der Waals surface area contributed by atoms with Crippen LogP contribution in [0, 0.1) is 5.92 Å². The zero-order chi connectivity index (χ0) is 11.0. The summed E-state index contributed by atoms with van der Waals surface area (Å²) in [5.74, 6) is 0.281. The van der Waals surface area contributed by atoms with Gasteiger partial charge in [0.1, 0.15) is 11.7 Å². The highest BCUT2D eigenvalue weighted by atomic mass is 16.5. The predicted molar refractivity (Wildman–Crippen MR) is 50.5 cm³/mol. The minimum atomic E-state index is -0.290. The van der Waals surface area contributed by atoms with Crippen molar-refractivity contribution < 1.29 is 19.1 Å². The van der Waals surface area contributed by atoms with Crippen LogP contribution >= 0.6 is 0 Å². The number of fused-ring (bicyclic) bond motifs is 1. The molecule has 1 fully saturated rings. The molecule has 1 aliphatic heterocycles. The summed E-state index contributed by atoms with van der Waals surface area (Å²) in [4.78, 5) is 23.9. The van der Waals surface area contributed by atoms with Crippen LogP contribution in [-0.2, 0) is 19.1 Å². The molecule has 1 saturated heterocycles. The average molecular weight is 211 g/mol. The SMILES string of the molecule is CCC(=O)OCN1C(=O)[C@@H]2C(OC)=C[C@@H]21. The van der Waals surface area contributed by atoms with Gasteiger partial charge in [-0.3, -0.25) is 9.59 Å². The van der Waals surface area contributed by atoms with Gasteiger partial charge in [0.2, 0.25) is 5.91 Å². The fourth-order valence-electron chi connectivity index (χ4n) is 1.79. The maximum atomic E-state index is 11.5. The molecule has 2 atom stereocenters. The molecule has 0 saturated carbocycles. The standard InChI is InChI=1S/C10H13NO4/c1-3-8(12)15-5-11-6-4-7(14-2)9(6)10(11)13/h4,6,9H,3,5H2,1-2H3/t6-,9-/m0/s1. The van der Waals surface area contributed by atoms with Crippen molar-refractivity contribution >= 4 is 11.9 Å². The van der Waals surface area contributed by atoms with Crippen LogP contribution < -0.4 is 0 Å². The van der Waals surface area contributed by atoms with Crippen molar-refractivity contribution in [1.29, 1.82) is 0 Å². The molecule has 5 heteroatoms. The number of nitrogens with zero attached hydrogens (tertiary/aromatic N) is 1. The number of carbonyl (C=O) groups is 2. The number of rotatable bonds is 4. The fraction of sp³-hybridized carbons (Fsp3) is 0.600. The summed E-state index contributed by atoms with van der Waals surface area (Å²) in [6.07, 6.45) is 2.20. The first kappa shape index (κ1) is 10.0. The van der Waals surface area contributed by atoms with Gasteiger partial charge in [0.25, 0.3) is 0 Å². The second kappa shape index (κ2) is 3.56. The number of methoxy groups -OCH3 is 1. The van der Waals surface area contributed by atoms with Gasteiger partial charge >= 0.3 is 5.97 Å². The molecule has 82 valence electrons. The third-order valence-corrected chi connectivity index (χ3v) is 2.78. The van der Waals surface area contributed by atoms with Crippen LogP contribution in [0.15, 0.2) is 11.8 Å². The quantitative estimate of drug-likeness (QED) is 0.494. The Morgan fingerprint density at radius 1 is 1.60 bits per heavy atom. The van der Waals surface area contributed by atoms with E-state index in [1.807, 2.05) is 6.08 Å². The molecule has 15 heavy (non-hydrogen) atoms. The number of β-lactam (4-membered cyclic amide) rings is 1. The molecule has 1 aliphatic carbocycles. The van der Waals surface area contributed by atoms with Crippen molar-refractivity contribution in [2.75, 3.05) is 13.8 Å². The van der Waals surface area contributed by atoms with E-state index in [2.05, 4.69) is 0 Å². The molecule has 1 heterocycles. The molecule has 0 radical (unpaired) electrons. The van der Waals surface area contributed by atoms with Crippen LogP contribution in [-0.4, -0.2) is 36.7 Å². The average Bonchev–Trinajstić information content (AvgIpc) is 2.21. The van der Waals surface area contributed by atoms with E-state index in [9.17, 15) is 9.59 Å². The number of ether oxygens (including phenoxy) is 2. The van der Waals surface area contributed by atoms with Crippen molar-refractivity contribution in [2.45, 2.75) is 19.4 Å². The highest BCUT2D eigenvalue weighted by Crippen LogP contribution is 2.42. The zero-order valence-corrected chi connectivity index (χ0v) is 8.73. The molecular formula is C10H13NO4. The van der Waals surface area contributed by atoms with E-state index < -0.39 is 0 Å². The van der Waals surface area contributed by atoms with Crippen LogP contribution in [0.1, 0.15) is 13.3 Å². The second-order valence-electron chi connectivity index (χ2n) is 3.55. The predicted octanol–water partition coefficient (Wildman–Crippen LogP) is 0.268. The Balaban J connectivity index is 1.85. The Morgan fingerprint density at radius 2 is 2.33 bits per heavy atom. The number of likely N-dealkylation sites (tertiary alicyclic amines) is 1. The van der Waals surface area contributed by atoms with Crippen LogP contribution in [0.3, 0.4) is 0 Å². The smallest absolute Gasteiger partial charge is 0.307 e. The lowest BCUT2D eigenvalue weighted by atomic mass is 9.76. The Kier molecular flexibility index (Phi) is 2.38. The maximum Gasteiger partial charge on any atom is 0.307 e. The summed E-state index contributed by atoms with van der Waals surface area (Å²) in [6.45, 7) is 1.77. The highest BCUT2D eigenvalue weighted by Gasteiger charge is 2.55. The summed E-state index contributed by atoms with van der Waals surface area (Å²) >= 11 is 0. The van der Waals surface area contributed by atoms with Gasteiger partial charge in [0.15, 0.2) is 6.73 Å². The molecule has 1 amide bonds. The Bertz CT molecular complexity index is 336. The fourth-order valence-corrected chi connectivity index (χ4v) is 1.79. The van der Waals surface area contributed by atoms with Crippen molar-refractivity contribution in [3.63, 3.8) is 0 Å².